The van der Waals surface area contributed by atoms with Crippen molar-refractivity contribution in [2.24, 2.45) is 5.92 Å². The number of rotatable bonds is 6. The van der Waals surface area contributed by atoms with Crippen molar-refractivity contribution in [2.75, 3.05) is 13.7 Å². The van der Waals surface area contributed by atoms with Crippen LogP contribution in [-0.4, -0.2) is 57.5 Å². The van der Waals surface area contributed by atoms with Crippen molar-refractivity contribution in [3.8, 4) is 0 Å². The molecular formula is C18H26N4O4. The van der Waals surface area contributed by atoms with E-state index in [1.165, 1.54) is 13.4 Å². The van der Waals surface area contributed by atoms with Gasteiger partial charge in [-0.2, -0.15) is 0 Å². The summed E-state index contributed by atoms with van der Waals surface area (Å²) in [5.41, 5.74) is -0.794. The lowest BCUT2D eigenvalue weighted by Crippen LogP contribution is -2.64. The number of methoxy groups -OCH3 is 1. The molecule has 142 valence electrons. The lowest BCUT2D eigenvalue weighted by atomic mass is 9.93. The van der Waals surface area contributed by atoms with Gasteiger partial charge >= 0.3 is 5.97 Å². The van der Waals surface area contributed by atoms with Crippen molar-refractivity contribution in [1.29, 1.82) is 0 Å². The summed E-state index contributed by atoms with van der Waals surface area (Å²) in [4.78, 5) is 43.8. The number of aromatic nitrogens is 2. The first-order valence-electron chi connectivity index (χ1n) is 9.05. The number of nitrogens with one attached hydrogen (secondary N) is 1. The highest BCUT2D eigenvalue weighted by Crippen LogP contribution is 2.38. The van der Waals surface area contributed by atoms with E-state index in [0.29, 0.717) is 12.5 Å². The Morgan fingerprint density at radius 2 is 2.12 bits per heavy atom. The fraction of sp³-hybridized carbons (Fsp3) is 0.667. The van der Waals surface area contributed by atoms with Gasteiger partial charge in [0.1, 0.15) is 11.2 Å². The van der Waals surface area contributed by atoms with Crippen molar-refractivity contribution in [1.82, 2.24) is 19.8 Å². The number of carbonyl (C=O) groups is 3. The normalized spacial score (nSPS) is 22.3. The fourth-order valence-corrected chi connectivity index (χ4v) is 3.47. The van der Waals surface area contributed by atoms with Crippen molar-refractivity contribution in [2.45, 2.75) is 58.2 Å². The summed E-state index contributed by atoms with van der Waals surface area (Å²) in [6.45, 7) is 6.82. The highest BCUT2D eigenvalue weighted by molar-refractivity contribution is 6.06. The van der Waals surface area contributed by atoms with Crippen LogP contribution >= 0.6 is 0 Å². The number of imidazole rings is 1. The number of hydrogen-bond donors (Lipinski definition) is 1. The lowest BCUT2D eigenvalue weighted by molar-refractivity contribution is -0.133. The van der Waals surface area contributed by atoms with Crippen LogP contribution < -0.4 is 5.32 Å². The third-order valence-electron chi connectivity index (χ3n) is 5.06. The summed E-state index contributed by atoms with van der Waals surface area (Å²) >= 11 is 0. The molecule has 0 radical (unpaired) electrons. The van der Waals surface area contributed by atoms with Gasteiger partial charge in [0, 0.05) is 12.6 Å². The molecule has 8 nitrogen and oxygen atoms in total. The molecule has 26 heavy (non-hydrogen) atoms. The first-order chi connectivity index (χ1) is 12.3. The smallest absolute Gasteiger partial charge is 0.359 e. The zero-order valence-electron chi connectivity index (χ0n) is 15.7. The fourth-order valence-electron chi connectivity index (χ4n) is 3.47. The number of fused-ring (bicyclic) bond motifs is 1. The molecule has 0 spiro atoms. The summed E-state index contributed by atoms with van der Waals surface area (Å²) in [6.07, 6.45) is 4.04. The van der Waals surface area contributed by atoms with Gasteiger partial charge in [-0.3, -0.25) is 9.59 Å². The molecule has 1 aliphatic heterocycles. The largest absolute Gasteiger partial charge is 0.464 e. The molecule has 1 aromatic heterocycles. The van der Waals surface area contributed by atoms with Gasteiger partial charge < -0.3 is 19.5 Å². The van der Waals surface area contributed by atoms with Crippen molar-refractivity contribution < 1.29 is 19.1 Å². The average molecular weight is 362 g/mol. The monoisotopic (exact) mass is 362 g/mol. The Morgan fingerprint density at radius 1 is 1.42 bits per heavy atom. The van der Waals surface area contributed by atoms with E-state index in [1.54, 1.807) is 16.4 Å². The highest BCUT2D eigenvalue weighted by atomic mass is 16.5. The van der Waals surface area contributed by atoms with Crippen molar-refractivity contribution in [3.05, 3.63) is 17.7 Å². The third kappa shape index (κ3) is 3.08. The quantitative estimate of drug-likeness (QED) is 0.768. The molecule has 0 aromatic carbocycles. The van der Waals surface area contributed by atoms with Crippen LogP contribution in [0.1, 0.15) is 61.0 Å². The number of esters is 1. The van der Waals surface area contributed by atoms with Crippen molar-refractivity contribution in [3.63, 3.8) is 0 Å². The van der Waals surface area contributed by atoms with Gasteiger partial charge in [-0.15, -0.1) is 0 Å². The van der Waals surface area contributed by atoms with E-state index in [9.17, 15) is 14.4 Å². The van der Waals surface area contributed by atoms with E-state index < -0.39 is 11.5 Å². The van der Waals surface area contributed by atoms with Crippen LogP contribution in [0.2, 0.25) is 0 Å². The lowest BCUT2D eigenvalue weighted by Gasteiger charge is -2.44. The Labute approximate surface area is 152 Å². The number of amides is 2. The van der Waals surface area contributed by atoms with Gasteiger partial charge in [0.05, 0.1) is 20.0 Å². The molecule has 1 atom stereocenters. The molecular weight excluding hydrogens is 336 g/mol. The molecule has 2 heterocycles. The van der Waals surface area contributed by atoms with Gasteiger partial charge in [-0.25, -0.2) is 9.78 Å². The molecule has 1 fully saturated rings. The van der Waals surface area contributed by atoms with Gasteiger partial charge in [-0.05, 0) is 32.1 Å². The molecule has 0 saturated heterocycles. The average Bonchev–Trinajstić information content (AvgIpc) is 3.32. The van der Waals surface area contributed by atoms with E-state index in [0.717, 1.165) is 19.3 Å². The third-order valence-corrected chi connectivity index (χ3v) is 5.06. The number of ether oxygens (including phenoxy) is 1. The van der Waals surface area contributed by atoms with E-state index in [1.807, 2.05) is 0 Å². The van der Waals surface area contributed by atoms with Crippen LogP contribution in [0, 0.1) is 5.92 Å². The summed E-state index contributed by atoms with van der Waals surface area (Å²) < 4.78 is 6.32. The summed E-state index contributed by atoms with van der Waals surface area (Å²) in [6, 6.07) is 0.0255. The Bertz CT molecular complexity index is 738. The molecule has 1 aliphatic carbocycles. The Morgan fingerprint density at radius 3 is 2.69 bits per heavy atom. The predicted octanol–water partition coefficient (Wildman–Crippen LogP) is 1.21. The standard InChI is InChI=1S/C18H26N4O4/c1-11(2)7-8-19-17(25)18(3)9-21-10-20-13(16(24)26-4)14(21)15(23)22(18)12-5-6-12/h10-12H,5-9H2,1-4H3,(H,19,25). The minimum atomic E-state index is -1.00. The molecule has 1 saturated carbocycles. The van der Waals surface area contributed by atoms with Crippen LogP contribution in [-0.2, 0) is 16.1 Å². The van der Waals surface area contributed by atoms with Crippen LogP contribution in [0.4, 0.5) is 0 Å². The minimum absolute atomic E-state index is 0.00501. The van der Waals surface area contributed by atoms with Crippen molar-refractivity contribution >= 4 is 17.8 Å². The van der Waals surface area contributed by atoms with Gasteiger partial charge in [0.25, 0.3) is 5.91 Å². The van der Waals surface area contributed by atoms with E-state index in [-0.39, 0.29) is 35.8 Å². The highest BCUT2D eigenvalue weighted by Gasteiger charge is 2.53. The number of nitrogens with zero attached hydrogens (tertiary/aromatic N) is 3. The summed E-state index contributed by atoms with van der Waals surface area (Å²) in [7, 11) is 1.26. The van der Waals surface area contributed by atoms with Crippen LogP contribution in [0.3, 0.4) is 0 Å². The Hall–Kier alpha value is -2.38. The van der Waals surface area contributed by atoms with Gasteiger partial charge in [-0.1, -0.05) is 13.8 Å². The molecule has 3 rings (SSSR count). The van der Waals surface area contributed by atoms with E-state index >= 15 is 0 Å². The second-order valence-electron chi connectivity index (χ2n) is 7.68. The summed E-state index contributed by atoms with van der Waals surface area (Å²) in [5.74, 6) is -0.665. The maximum Gasteiger partial charge on any atom is 0.359 e. The molecule has 0 bridgehead atoms. The first kappa shape index (κ1) is 18.4. The van der Waals surface area contributed by atoms with Gasteiger partial charge in [0.2, 0.25) is 5.91 Å². The SMILES string of the molecule is COC(=O)c1ncn2c1C(=O)N(C1CC1)C(C)(C(=O)NCCC(C)C)C2. The van der Waals surface area contributed by atoms with E-state index in [4.69, 9.17) is 4.74 Å². The zero-order chi connectivity index (χ0) is 19.1. The van der Waals surface area contributed by atoms with Crippen LogP contribution in [0.5, 0.6) is 0 Å². The Balaban J connectivity index is 1.92. The second-order valence-corrected chi connectivity index (χ2v) is 7.68. The van der Waals surface area contributed by atoms with E-state index in [2.05, 4.69) is 24.1 Å². The molecule has 2 aliphatic rings. The second kappa shape index (κ2) is 6.74. The summed E-state index contributed by atoms with van der Waals surface area (Å²) in [5, 5.41) is 2.97. The van der Waals surface area contributed by atoms with Crippen LogP contribution in [0.15, 0.2) is 6.33 Å². The molecule has 1 aromatic rings. The van der Waals surface area contributed by atoms with Crippen LogP contribution in [0.25, 0.3) is 0 Å². The first-order valence-corrected chi connectivity index (χ1v) is 9.05. The van der Waals surface area contributed by atoms with Gasteiger partial charge in [0.15, 0.2) is 5.69 Å². The molecule has 8 heteroatoms. The topological polar surface area (TPSA) is 93.5 Å². The molecule has 1 unspecified atom stereocenters. The number of hydrogen-bond acceptors (Lipinski definition) is 5. The maximum absolute atomic E-state index is 13.2. The zero-order valence-corrected chi connectivity index (χ0v) is 15.7. The molecule has 2 amide bonds. The maximum atomic E-state index is 13.2. The Kier molecular flexibility index (Phi) is 4.77. The number of carbonyl (C=O) groups excluding carboxylic acids is 3. The minimum Gasteiger partial charge on any atom is -0.464 e. The molecule has 1 N–H and O–H groups in total. The predicted molar refractivity (Wildman–Crippen MR) is 93.6 cm³/mol.